The van der Waals surface area contributed by atoms with Gasteiger partial charge in [-0.2, -0.15) is 0 Å². The third-order valence-electron chi connectivity index (χ3n) is 2.89. The van der Waals surface area contributed by atoms with Gasteiger partial charge in [0.25, 0.3) is 5.91 Å². The van der Waals surface area contributed by atoms with Crippen molar-refractivity contribution in [1.29, 1.82) is 0 Å². The van der Waals surface area contributed by atoms with Crippen LogP contribution in [0.4, 0.5) is 4.39 Å². The molecule has 0 aliphatic heterocycles. The number of benzene rings is 2. The summed E-state index contributed by atoms with van der Waals surface area (Å²) in [6.45, 7) is 1.78. The van der Waals surface area contributed by atoms with Gasteiger partial charge in [0.15, 0.2) is 0 Å². The van der Waals surface area contributed by atoms with E-state index in [9.17, 15) is 9.18 Å². The van der Waals surface area contributed by atoms with Gasteiger partial charge in [-0.25, -0.2) is 4.39 Å². The van der Waals surface area contributed by atoms with E-state index in [-0.39, 0.29) is 17.4 Å². The van der Waals surface area contributed by atoms with Crippen LogP contribution in [0.2, 0.25) is 5.02 Å². The smallest absolute Gasteiger partial charge is 0.254 e. The monoisotopic (exact) mass is 293 g/mol. The van der Waals surface area contributed by atoms with Gasteiger partial charge in [-0.15, -0.1) is 0 Å². The molecule has 104 valence electrons. The van der Waals surface area contributed by atoms with Crippen molar-refractivity contribution in [1.82, 2.24) is 5.32 Å². The van der Waals surface area contributed by atoms with Gasteiger partial charge < -0.3 is 10.4 Å². The van der Waals surface area contributed by atoms with Crippen LogP contribution >= 0.6 is 11.6 Å². The summed E-state index contributed by atoms with van der Waals surface area (Å²) in [5.41, 5.74) is 0.710. The highest BCUT2D eigenvalue weighted by atomic mass is 35.5. The van der Waals surface area contributed by atoms with Crippen LogP contribution in [0, 0.1) is 5.82 Å². The minimum Gasteiger partial charge on any atom is -0.508 e. The SMILES string of the molecule is CC(NC(=O)c1ccc(O)cc1F)c1cccc(Cl)c1. The van der Waals surface area contributed by atoms with Crippen molar-refractivity contribution in [2.45, 2.75) is 13.0 Å². The molecule has 1 atom stereocenters. The second-order valence-electron chi connectivity index (χ2n) is 4.41. The fourth-order valence-corrected chi connectivity index (χ4v) is 2.02. The molecule has 2 aromatic carbocycles. The fraction of sp³-hybridized carbons (Fsp3) is 0.133. The molecule has 0 aliphatic rings. The molecule has 20 heavy (non-hydrogen) atoms. The molecule has 2 N–H and O–H groups in total. The van der Waals surface area contributed by atoms with Crippen molar-refractivity contribution in [2.75, 3.05) is 0 Å². The maximum absolute atomic E-state index is 13.6. The number of amides is 1. The van der Waals surface area contributed by atoms with Crippen LogP contribution in [-0.4, -0.2) is 11.0 Å². The number of halogens is 2. The summed E-state index contributed by atoms with van der Waals surface area (Å²) < 4.78 is 13.6. The Kier molecular flexibility index (Phi) is 4.25. The highest BCUT2D eigenvalue weighted by molar-refractivity contribution is 6.30. The first kappa shape index (κ1) is 14.3. The number of phenols is 1. The minimum absolute atomic E-state index is 0.114. The molecule has 3 nitrogen and oxygen atoms in total. The van der Waals surface area contributed by atoms with Gasteiger partial charge in [-0.05, 0) is 36.8 Å². The quantitative estimate of drug-likeness (QED) is 0.907. The number of aromatic hydroxyl groups is 1. The Bertz CT molecular complexity index is 646. The largest absolute Gasteiger partial charge is 0.508 e. The summed E-state index contributed by atoms with van der Waals surface area (Å²) in [5.74, 6) is -1.53. The topological polar surface area (TPSA) is 49.3 Å². The number of hydrogen-bond donors (Lipinski definition) is 2. The molecular formula is C15H13ClFNO2. The average molecular weight is 294 g/mol. The Morgan fingerprint density at radius 2 is 2.05 bits per heavy atom. The first-order valence-corrected chi connectivity index (χ1v) is 6.40. The van der Waals surface area contributed by atoms with Crippen LogP contribution in [0.25, 0.3) is 0 Å². The van der Waals surface area contributed by atoms with E-state index in [0.717, 1.165) is 11.6 Å². The molecule has 0 radical (unpaired) electrons. The molecule has 2 aromatic rings. The van der Waals surface area contributed by atoms with Crippen LogP contribution in [-0.2, 0) is 0 Å². The van der Waals surface area contributed by atoms with Crippen molar-refractivity contribution in [3.63, 3.8) is 0 Å². The maximum Gasteiger partial charge on any atom is 0.254 e. The Hall–Kier alpha value is -2.07. The Balaban J connectivity index is 2.15. The van der Waals surface area contributed by atoms with Crippen LogP contribution < -0.4 is 5.32 Å². The van der Waals surface area contributed by atoms with Crippen molar-refractivity contribution in [3.8, 4) is 5.75 Å². The first-order valence-electron chi connectivity index (χ1n) is 6.02. The highest BCUT2D eigenvalue weighted by Crippen LogP contribution is 2.19. The van der Waals surface area contributed by atoms with Crippen molar-refractivity contribution >= 4 is 17.5 Å². The lowest BCUT2D eigenvalue weighted by atomic mass is 10.1. The van der Waals surface area contributed by atoms with Gasteiger partial charge >= 0.3 is 0 Å². The molecule has 0 heterocycles. The summed E-state index contributed by atoms with van der Waals surface area (Å²) in [4.78, 5) is 12.0. The Morgan fingerprint density at radius 3 is 2.70 bits per heavy atom. The fourth-order valence-electron chi connectivity index (χ4n) is 1.82. The molecule has 1 amide bonds. The second-order valence-corrected chi connectivity index (χ2v) is 4.85. The molecule has 0 aliphatic carbocycles. The van der Waals surface area contributed by atoms with Crippen LogP contribution in [0.1, 0.15) is 28.9 Å². The lowest BCUT2D eigenvalue weighted by Gasteiger charge is -2.15. The lowest BCUT2D eigenvalue weighted by Crippen LogP contribution is -2.27. The Labute approximate surface area is 121 Å². The summed E-state index contributed by atoms with van der Waals surface area (Å²) in [5, 5.41) is 12.4. The summed E-state index contributed by atoms with van der Waals surface area (Å²) in [6, 6.07) is 10.2. The number of hydrogen-bond acceptors (Lipinski definition) is 2. The molecule has 5 heteroatoms. The van der Waals surface area contributed by atoms with Gasteiger partial charge in [-0.3, -0.25) is 4.79 Å². The lowest BCUT2D eigenvalue weighted by molar-refractivity contribution is 0.0936. The first-order chi connectivity index (χ1) is 9.47. The number of carbonyl (C=O) groups is 1. The standard InChI is InChI=1S/C15H13ClFNO2/c1-9(10-3-2-4-11(16)7-10)18-15(20)13-6-5-12(19)8-14(13)17/h2-9,19H,1H3,(H,18,20). The predicted octanol–water partition coefficient (Wildman–Crippen LogP) is 3.68. The van der Waals surface area contributed by atoms with E-state index in [2.05, 4.69) is 5.32 Å². The molecule has 2 rings (SSSR count). The van der Waals surface area contributed by atoms with E-state index in [1.54, 1.807) is 25.1 Å². The summed E-state index contributed by atoms with van der Waals surface area (Å²) in [6.07, 6.45) is 0. The molecule has 0 saturated heterocycles. The molecule has 1 unspecified atom stereocenters. The van der Waals surface area contributed by atoms with E-state index < -0.39 is 11.7 Å². The summed E-state index contributed by atoms with van der Waals surface area (Å²) >= 11 is 5.88. The van der Waals surface area contributed by atoms with E-state index in [0.29, 0.717) is 5.02 Å². The van der Waals surface area contributed by atoms with Crippen molar-refractivity contribution in [2.24, 2.45) is 0 Å². The zero-order valence-corrected chi connectivity index (χ0v) is 11.5. The van der Waals surface area contributed by atoms with Crippen LogP contribution in [0.15, 0.2) is 42.5 Å². The number of phenolic OH excluding ortho intramolecular Hbond substituents is 1. The van der Waals surface area contributed by atoms with Gasteiger partial charge in [0.2, 0.25) is 0 Å². The normalized spacial score (nSPS) is 11.9. The third kappa shape index (κ3) is 3.27. The number of nitrogens with one attached hydrogen (secondary N) is 1. The van der Waals surface area contributed by atoms with Gasteiger partial charge in [0, 0.05) is 11.1 Å². The molecule has 0 spiro atoms. The van der Waals surface area contributed by atoms with E-state index in [4.69, 9.17) is 16.7 Å². The number of carbonyl (C=O) groups excluding carboxylic acids is 1. The molecule has 0 fully saturated rings. The van der Waals surface area contributed by atoms with Gasteiger partial charge in [0.1, 0.15) is 11.6 Å². The number of rotatable bonds is 3. The van der Waals surface area contributed by atoms with Crippen molar-refractivity contribution in [3.05, 3.63) is 64.4 Å². The second kappa shape index (κ2) is 5.92. The molecule has 0 saturated carbocycles. The van der Waals surface area contributed by atoms with Crippen LogP contribution in [0.3, 0.4) is 0 Å². The Morgan fingerprint density at radius 1 is 1.30 bits per heavy atom. The predicted molar refractivity (Wildman–Crippen MR) is 75.4 cm³/mol. The highest BCUT2D eigenvalue weighted by Gasteiger charge is 2.15. The maximum atomic E-state index is 13.6. The zero-order valence-electron chi connectivity index (χ0n) is 10.7. The summed E-state index contributed by atoms with van der Waals surface area (Å²) in [7, 11) is 0. The van der Waals surface area contributed by atoms with E-state index in [1.807, 2.05) is 6.07 Å². The third-order valence-corrected chi connectivity index (χ3v) is 3.13. The van der Waals surface area contributed by atoms with E-state index >= 15 is 0 Å². The molecular weight excluding hydrogens is 281 g/mol. The van der Waals surface area contributed by atoms with Crippen molar-refractivity contribution < 1.29 is 14.3 Å². The average Bonchev–Trinajstić information content (AvgIpc) is 2.38. The minimum atomic E-state index is -0.763. The van der Waals surface area contributed by atoms with Gasteiger partial charge in [0.05, 0.1) is 11.6 Å². The van der Waals surface area contributed by atoms with E-state index in [1.165, 1.54) is 12.1 Å². The van der Waals surface area contributed by atoms with Gasteiger partial charge in [-0.1, -0.05) is 23.7 Å². The molecule has 0 aromatic heterocycles. The van der Waals surface area contributed by atoms with Crippen LogP contribution in [0.5, 0.6) is 5.75 Å². The zero-order chi connectivity index (χ0) is 14.7. The molecule has 0 bridgehead atoms.